The molecule has 3 N–H and O–H groups in total. The molecule has 0 atom stereocenters. The summed E-state index contributed by atoms with van der Waals surface area (Å²) in [5.74, 6) is 1.52. The number of nitrogens with one attached hydrogen (secondary N) is 1. The lowest BCUT2D eigenvalue weighted by Gasteiger charge is -2.10. The van der Waals surface area contributed by atoms with Gasteiger partial charge in [0.15, 0.2) is 0 Å². The van der Waals surface area contributed by atoms with Gasteiger partial charge in [-0.25, -0.2) is 9.97 Å². The highest BCUT2D eigenvalue weighted by atomic mass is 15.0. The summed E-state index contributed by atoms with van der Waals surface area (Å²) in [6, 6.07) is 0. The van der Waals surface area contributed by atoms with Crippen molar-refractivity contribution in [3.8, 4) is 0 Å². The molecule has 1 fully saturated rings. The number of nitrogens with two attached hydrogens (primary N) is 1. The van der Waals surface area contributed by atoms with Gasteiger partial charge in [-0.05, 0) is 32.7 Å². The molecule has 0 saturated heterocycles. The third kappa shape index (κ3) is 2.65. The van der Waals surface area contributed by atoms with Gasteiger partial charge in [-0.3, -0.25) is 0 Å². The fourth-order valence-electron chi connectivity index (χ4n) is 1.62. The van der Waals surface area contributed by atoms with Crippen LogP contribution in [0.4, 0.5) is 5.69 Å². The second-order valence-electron chi connectivity index (χ2n) is 4.06. The molecule has 0 amide bonds. The molecule has 1 aromatic rings. The second-order valence-corrected chi connectivity index (χ2v) is 4.06. The monoisotopic (exact) mass is 206 g/mol. The Bertz CT molecular complexity index is 333. The van der Waals surface area contributed by atoms with Gasteiger partial charge in [0.1, 0.15) is 5.82 Å². The Hall–Kier alpha value is -1.16. The van der Waals surface area contributed by atoms with Gasteiger partial charge >= 0.3 is 0 Å². The van der Waals surface area contributed by atoms with Gasteiger partial charge in [0.25, 0.3) is 0 Å². The van der Waals surface area contributed by atoms with Crippen molar-refractivity contribution in [2.24, 2.45) is 5.73 Å². The van der Waals surface area contributed by atoms with Crippen molar-refractivity contribution in [2.45, 2.75) is 32.1 Å². The average Bonchev–Trinajstić information content (AvgIpc) is 3.04. The smallest absolute Gasteiger partial charge is 0.125 e. The number of aryl methyl sites for hydroxylation is 1. The van der Waals surface area contributed by atoms with E-state index < -0.39 is 0 Å². The fourth-order valence-corrected chi connectivity index (χ4v) is 1.62. The van der Waals surface area contributed by atoms with E-state index in [2.05, 4.69) is 15.3 Å². The Morgan fingerprint density at radius 3 is 3.00 bits per heavy atom. The van der Waals surface area contributed by atoms with E-state index in [0.29, 0.717) is 5.92 Å². The van der Waals surface area contributed by atoms with E-state index in [-0.39, 0.29) is 0 Å². The van der Waals surface area contributed by atoms with Gasteiger partial charge < -0.3 is 11.1 Å². The number of hydrogen-bond acceptors (Lipinski definition) is 4. The van der Waals surface area contributed by atoms with E-state index in [4.69, 9.17) is 5.73 Å². The zero-order valence-corrected chi connectivity index (χ0v) is 9.16. The Kier molecular flexibility index (Phi) is 3.16. The van der Waals surface area contributed by atoms with Crippen LogP contribution < -0.4 is 11.1 Å². The van der Waals surface area contributed by atoms with E-state index in [0.717, 1.165) is 31.0 Å². The molecule has 1 aliphatic rings. The summed E-state index contributed by atoms with van der Waals surface area (Å²) in [6.07, 6.45) is 5.41. The van der Waals surface area contributed by atoms with Crippen LogP contribution in [0.1, 0.15) is 36.7 Å². The molecular weight excluding hydrogens is 188 g/mol. The van der Waals surface area contributed by atoms with E-state index in [1.165, 1.54) is 18.5 Å². The molecule has 0 unspecified atom stereocenters. The first-order valence-corrected chi connectivity index (χ1v) is 5.58. The van der Waals surface area contributed by atoms with Gasteiger partial charge in [-0.15, -0.1) is 0 Å². The molecule has 82 valence electrons. The van der Waals surface area contributed by atoms with Gasteiger partial charge in [-0.1, -0.05) is 0 Å². The van der Waals surface area contributed by atoms with Gasteiger partial charge in [-0.2, -0.15) is 0 Å². The molecule has 0 aliphatic heterocycles. The average molecular weight is 206 g/mol. The van der Waals surface area contributed by atoms with Crippen LogP contribution in [0.15, 0.2) is 6.20 Å². The zero-order valence-electron chi connectivity index (χ0n) is 9.16. The lowest BCUT2D eigenvalue weighted by Crippen LogP contribution is -2.11. The van der Waals surface area contributed by atoms with Crippen molar-refractivity contribution < 1.29 is 0 Å². The molecule has 1 aliphatic carbocycles. The largest absolute Gasteiger partial charge is 0.382 e. The van der Waals surface area contributed by atoms with Crippen molar-refractivity contribution in [1.82, 2.24) is 9.97 Å². The first-order valence-electron chi connectivity index (χ1n) is 5.58. The van der Waals surface area contributed by atoms with E-state index >= 15 is 0 Å². The van der Waals surface area contributed by atoms with Crippen LogP contribution in [0.3, 0.4) is 0 Å². The van der Waals surface area contributed by atoms with Crippen molar-refractivity contribution in [2.75, 3.05) is 18.4 Å². The van der Waals surface area contributed by atoms with Crippen molar-refractivity contribution >= 4 is 5.69 Å². The van der Waals surface area contributed by atoms with Gasteiger partial charge in [0.05, 0.1) is 17.6 Å². The van der Waals surface area contributed by atoms with Crippen LogP contribution in [0.5, 0.6) is 0 Å². The molecule has 1 aromatic heterocycles. The predicted molar refractivity (Wildman–Crippen MR) is 60.9 cm³/mol. The summed E-state index contributed by atoms with van der Waals surface area (Å²) in [5.41, 5.74) is 7.74. The van der Waals surface area contributed by atoms with E-state index in [1.807, 2.05) is 13.1 Å². The van der Waals surface area contributed by atoms with Crippen molar-refractivity contribution in [3.05, 3.63) is 17.7 Å². The molecule has 2 rings (SSSR count). The molecule has 4 heteroatoms. The van der Waals surface area contributed by atoms with Crippen LogP contribution in [-0.4, -0.2) is 23.1 Å². The standard InChI is InChI=1S/C11H18N4/c1-8-14-7-10(13-6-2-5-12)11(15-8)9-3-4-9/h7,9,13H,2-6,12H2,1H3. The van der Waals surface area contributed by atoms with E-state index in [9.17, 15) is 0 Å². The zero-order chi connectivity index (χ0) is 10.7. The van der Waals surface area contributed by atoms with Gasteiger partial charge in [0, 0.05) is 12.5 Å². The predicted octanol–water partition coefficient (Wildman–Crippen LogP) is 1.42. The maximum absolute atomic E-state index is 5.46. The maximum Gasteiger partial charge on any atom is 0.125 e. The normalized spacial score (nSPS) is 15.3. The molecule has 1 heterocycles. The molecular formula is C11H18N4. The minimum atomic E-state index is 0.659. The Labute approximate surface area is 90.3 Å². The summed E-state index contributed by atoms with van der Waals surface area (Å²) in [4.78, 5) is 8.73. The van der Waals surface area contributed by atoms with Gasteiger partial charge in [0.2, 0.25) is 0 Å². The first kappa shape index (κ1) is 10.4. The molecule has 4 nitrogen and oxygen atoms in total. The summed E-state index contributed by atoms with van der Waals surface area (Å²) in [7, 11) is 0. The summed E-state index contributed by atoms with van der Waals surface area (Å²) >= 11 is 0. The highest BCUT2D eigenvalue weighted by Crippen LogP contribution is 2.41. The third-order valence-corrected chi connectivity index (χ3v) is 2.60. The van der Waals surface area contributed by atoms with E-state index in [1.54, 1.807) is 0 Å². The molecule has 0 aromatic carbocycles. The third-order valence-electron chi connectivity index (χ3n) is 2.60. The maximum atomic E-state index is 5.46. The highest BCUT2D eigenvalue weighted by Gasteiger charge is 2.27. The van der Waals surface area contributed by atoms with Crippen LogP contribution in [-0.2, 0) is 0 Å². The summed E-state index contributed by atoms with van der Waals surface area (Å²) in [5, 5.41) is 3.36. The quantitative estimate of drug-likeness (QED) is 0.715. The topological polar surface area (TPSA) is 63.8 Å². The van der Waals surface area contributed by atoms with Crippen LogP contribution >= 0.6 is 0 Å². The molecule has 0 radical (unpaired) electrons. The first-order chi connectivity index (χ1) is 7.31. The molecule has 0 bridgehead atoms. The Morgan fingerprint density at radius 2 is 2.33 bits per heavy atom. The molecule has 1 saturated carbocycles. The Balaban J connectivity index is 2.07. The lowest BCUT2D eigenvalue weighted by molar-refractivity contribution is 0.862. The summed E-state index contributed by atoms with van der Waals surface area (Å²) < 4.78 is 0. The van der Waals surface area contributed by atoms with Crippen LogP contribution in [0, 0.1) is 6.92 Å². The number of aromatic nitrogens is 2. The minimum Gasteiger partial charge on any atom is -0.382 e. The Morgan fingerprint density at radius 1 is 1.53 bits per heavy atom. The second kappa shape index (κ2) is 4.57. The number of rotatable bonds is 5. The van der Waals surface area contributed by atoms with Crippen molar-refractivity contribution in [3.63, 3.8) is 0 Å². The minimum absolute atomic E-state index is 0.659. The molecule has 15 heavy (non-hydrogen) atoms. The summed E-state index contributed by atoms with van der Waals surface area (Å²) in [6.45, 7) is 3.57. The van der Waals surface area contributed by atoms with Crippen LogP contribution in [0.25, 0.3) is 0 Å². The SMILES string of the molecule is Cc1ncc(NCCCN)c(C2CC2)n1. The number of nitrogens with zero attached hydrogens (tertiary/aromatic N) is 2. The number of anilines is 1. The fraction of sp³-hybridized carbons (Fsp3) is 0.636. The van der Waals surface area contributed by atoms with Crippen molar-refractivity contribution in [1.29, 1.82) is 0 Å². The lowest BCUT2D eigenvalue weighted by atomic mass is 10.2. The molecule has 0 spiro atoms. The number of hydrogen-bond donors (Lipinski definition) is 2. The highest BCUT2D eigenvalue weighted by molar-refractivity contribution is 5.49. The van der Waals surface area contributed by atoms with Crippen LogP contribution in [0.2, 0.25) is 0 Å².